The van der Waals surface area contributed by atoms with Crippen LogP contribution < -0.4 is 5.32 Å². The van der Waals surface area contributed by atoms with Gasteiger partial charge in [-0.15, -0.1) is 0 Å². The summed E-state index contributed by atoms with van der Waals surface area (Å²) in [5.41, 5.74) is 1.92. The van der Waals surface area contributed by atoms with E-state index in [0.717, 1.165) is 11.6 Å². The maximum absolute atomic E-state index is 13.2. The molecule has 6 nitrogen and oxygen atoms in total. The van der Waals surface area contributed by atoms with Gasteiger partial charge in [0.2, 0.25) is 0 Å². The van der Waals surface area contributed by atoms with E-state index in [0.29, 0.717) is 11.1 Å². The van der Waals surface area contributed by atoms with Crippen molar-refractivity contribution in [3.05, 3.63) is 65.2 Å². The number of likely N-dealkylation sites (N-methyl/N-ethyl adjacent to an activating group) is 1. The van der Waals surface area contributed by atoms with Crippen LogP contribution in [0.5, 0.6) is 5.75 Å². The van der Waals surface area contributed by atoms with Crippen LogP contribution in [0.4, 0.5) is 4.39 Å². The predicted molar refractivity (Wildman–Crippen MR) is 97.4 cm³/mol. The van der Waals surface area contributed by atoms with Gasteiger partial charge in [-0.2, -0.15) is 0 Å². The Balaban J connectivity index is 1.81. The Morgan fingerprint density at radius 2 is 1.96 bits per heavy atom. The average Bonchev–Trinajstić information content (AvgIpc) is 2.89. The molecule has 0 fully saturated rings. The first-order valence-corrected chi connectivity index (χ1v) is 8.35. The number of hydrogen-bond acceptors (Lipinski definition) is 4. The van der Waals surface area contributed by atoms with Gasteiger partial charge in [0, 0.05) is 18.7 Å². The van der Waals surface area contributed by atoms with Crippen LogP contribution in [0.25, 0.3) is 11.1 Å². The summed E-state index contributed by atoms with van der Waals surface area (Å²) < 4.78 is 13.2. The molecule has 27 heavy (non-hydrogen) atoms. The van der Waals surface area contributed by atoms with Crippen LogP contribution in [0, 0.1) is 5.82 Å². The Bertz CT molecular complexity index is 955. The first-order chi connectivity index (χ1) is 12.8. The molecule has 1 atom stereocenters. The van der Waals surface area contributed by atoms with Crippen molar-refractivity contribution in [3.8, 4) is 16.9 Å². The molecule has 3 rings (SSSR count). The third-order valence-electron chi connectivity index (χ3n) is 4.51. The Labute approximate surface area is 155 Å². The number of rotatable bonds is 4. The maximum Gasteiger partial charge on any atom is 0.289 e. The van der Waals surface area contributed by atoms with Crippen molar-refractivity contribution < 1.29 is 24.2 Å². The van der Waals surface area contributed by atoms with Crippen LogP contribution in [0.15, 0.2) is 53.8 Å². The highest BCUT2D eigenvalue weighted by Crippen LogP contribution is 2.31. The van der Waals surface area contributed by atoms with Crippen molar-refractivity contribution in [2.75, 3.05) is 13.6 Å². The number of amides is 2. The standard InChI is InChI=1S/C20H19FN2O4/c1-11(22-19(26)16-10-23(2)20(27)18(16)25)12-4-3-5-13(8-12)15-7-6-14(21)9-17(15)24/h3-9,11,24-25H,10H2,1-2H3,(H,22,26). The molecule has 0 saturated carbocycles. The fourth-order valence-corrected chi connectivity index (χ4v) is 2.96. The van der Waals surface area contributed by atoms with Crippen molar-refractivity contribution in [2.45, 2.75) is 13.0 Å². The molecule has 0 saturated heterocycles. The fourth-order valence-electron chi connectivity index (χ4n) is 2.96. The second-order valence-corrected chi connectivity index (χ2v) is 6.47. The molecule has 2 aromatic carbocycles. The number of phenolic OH excluding ortho intramolecular Hbond substituents is 1. The van der Waals surface area contributed by atoms with Crippen LogP contribution in [-0.4, -0.2) is 40.5 Å². The minimum Gasteiger partial charge on any atom is -0.507 e. The molecule has 1 unspecified atom stereocenters. The molecular formula is C20H19FN2O4. The lowest BCUT2D eigenvalue weighted by Gasteiger charge is -2.16. The first-order valence-electron chi connectivity index (χ1n) is 8.35. The topological polar surface area (TPSA) is 89.9 Å². The fraction of sp³-hybridized carbons (Fsp3) is 0.200. The zero-order valence-electron chi connectivity index (χ0n) is 14.9. The second-order valence-electron chi connectivity index (χ2n) is 6.47. The van der Waals surface area contributed by atoms with Crippen molar-refractivity contribution >= 4 is 11.8 Å². The van der Waals surface area contributed by atoms with Crippen LogP contribution in [-0.2, 0) is 9.59 Å². The molecule has 1 aliphatic rings. The van der Waals surface area contributed by atoms with Crippen molar-refractivity contribution in [2.24, 2.45) is 0 Å². The molecule has 1 heterocycles. The number of phenols is 1. The average molecular weight is 370 g/mol. The highest BCUT2D eigenvalue weighted by atomic mass is 19.1. The van der Waals surface area contributed by atoms with Gasteiger partial charge in [0.25, 0.3) is 11.8 Å². The summed E-state index contributed by atoms with van der Waals surface area (Å²) in [4.78, 5) is 25.3. The number of aromatic hydroxyl groups is 1. The van der Waals surface area contributed by atoms with E-state index in [4.69, 9.17) is 0 Å². The summed E-state index contributed by atoms with van der Waals surface area (Å²) in [5.74, 6) is -2.34. The number of carbonyl (C=O) groups is 2. The highest BCUT2D eigenvalue weighted by Gasteiger charge is 2.32. The van der Waals surface area contributed by atoms with E-state index in [2.05, 4.69) is 5.32 Å². The van der Waals surface area contributed by atoms with E-state index in [1.54, 1.807) is 31.2 Å². The quantitative estimate of drug-likeness (QED) is 0.772. The minimum absolute atomic E-state index is 0.0293. The minimum atomic E-state index is -0.582. The first kappa shape index (κ1) is 18.4. The van der Waals surface area contributed by atoms with Crippen LogP contribution in [0.3, 0.4) is 0 Å². The maximum atomic E-state index is 13.2. The molecule has 0 aliphatic carbocycles. The Morgan fingerprint density at radius 3 is 2.59 bits per heavy atom. The zero-order chi connectivity index (χ0) is 19.7. The SMILES string of the molecule is CC(NC(=O)C1=C(O)C(=O)N(C)C1)c1cccc(-c2ccc(F)cc2O)c1. The molecule has 2 aromatic rings. The van der Waals surface area contributed by atoms with Gasteiger partial charge in [-0.25, -0.2) is 4.39 Å². The molecule has 1 aliphatic heterocycles. The highest BCUT2D eigenvalue weighted by molar-refractivity contribution is 6.06. The lowest BCUT2D eigenvalue weighted by molar-refractivity contribution is -0.126. The number of nitrogens with zero attached hydrogens (tertiary/aromatic N) is 1. The number of aliphatic hydroxyl groups excluding tert-OH is 1. The van der Waals surface area contributed by atoms with E-state index in [1.807, 2.05) is 0 Å². The van der Waals surface area contributed by atoms with Gasteiger partial charge < -0.3 is 20.4 Å². The molecule has 0 spiro atoms. The molecule has 2 amide bonds. The molecular weight excluding hydrogens is 351 g/mol. The number of carbonyl (C=O) groups excluding carboxylic acids is 2. The van der Waals surface area contributed by atoms with Crippen LogP contribution in [0.1, 0.15) is 18.5 Å². The van der Waals surface area contributed by atoms with Gasteiger partial charge in [-0.05, 0) is 36.2 Å². The third kappa shape index (κ3) is 3.62. The monoisotopic (exact) mass is 370 g/mol. The smallest absolute Gasteiger partial charge is 0.289 e. The number of nitrogens with one attached hydrogen (secondary N) is 1. The van der Waals surface area contributed by atoms with Crippen molar-refractivity contribution in [1.29, 1.82) is 0 Å². The van der Waals surface area contributed by atoms with Crippen molar-refractivity contribution in [1.82, 2.24) is 10.2 Å². The number of aliphatic hydroxyl groups is 1. The van der Waals surface area contributed by atoms with Gasteiger partial charge in [0.05, 0.1) is 18.2 Å². The number of halogens is 1. The van der Waals surface area contributed by atoms with E-state index in [1.165, 1.54) is 24.1 Å². The molecule has 0 radical (unpaired) electrons. The predicted octanol–water partition coefficient (Wildman–Crippen LogP) is 2.66. The van der Waals surface area contributed by atoms with Crippen molar-refractivity contribution in [3.63, 3.8) is 0 Å². The Morgan fingerprint density at radius 1 is 1.22 bits per heavy atom. The summed E-state index contributed by atoms with van der Waals surface area (Å²) >= 11 is 0. The summed E-state index contributed by atoms with van der Waals surface area (Å²) in [7, 11) is 1.50. The van der Waals surface area contributed by atoms with Gasteiger partial charge in [0.15, 0.2) is 5.76 Å². The van der Waals surface area contributed by atoms with Gasteiger partial charge >= 0.3 is 0 Å². The van der Waals surface area contributed by atoms with E-state index < -0.39 is 29.4 Å². The molecule has 140 valence electrons. The molecule has 0 bridgehead atoms. The number of hydrogen-bond donors (Lipinski definition) is 3. The van der Waals surface area contributed by atoms with Gasteiger partial charge in [0.1, 0.15) is 11.6 Å². The van der Waals surface area contributed by atoms with Crippen LogP contribution in [0.2, 0.25) is 0 Å². The normalized spacial score (nSPS) is 15.2. The summed E-state index contributed by atoms with van der Waals surface area (Å²) in [6.07, 6.45) is 0. The summed E-state index contributed by atoms with van der Waals surface area (Å²) in [5, 5.41) is 22.5. The Hall–Kier alpha value is -3.35. The van der Waals surface area contributed by atoms with E-state index in [9.17, 15) is 24.2 Å². The number of benzene rings is 2. The largest absolute Gasteiger partial charge is 0.507 e. The molecule has 3 N–H and O–H groups in total. The summed E-state index contributed by atoms with van der Waals surface area (Å²) in [6, 6.07) is 10.5. The summed E-state index contributed by atoms with van der Waals surface area (Å²) in [6.45, 7) is 1.81. The van der Waals surface area contributed by atoms with Crippen LogP contribution >= 0.6 is 0 Å². The Kier molecular flexibility index (Phi) is 4.85. The van der Waals surface area contributed by atoms with Gasteiger partial charge in [-0.3, -0.25) is 9.59 Å². The van der Waals surface area contributed by atoms with Gasteiger partial charge in [-0.1, -0.05) is 18.2 Å². The second kappa shape index (κ2) is 7.11. The zero-order valence-corrected chi connectivity index (χ0v) is 14.9. The van der Waals surface area contributed by atoms with E-state index >= 15 is 0 Å². The third-order valence-corrected chi connectivity index (χ3v) is 4.51. The molecule has 7 heteroatoms. The van der Waals surface area contributed by atoms with E-state index in [-0.39, 0.29) is 17.9 Å². The molecule has 0 aromatic heterocycles. The lowest BCUT2D eigenvalue weighted by Crippen LogP contribution is -2.30. The lowest BCUT2D eigenvalue weighted by atomic mass is 9.99.